The van der Waals surface area contributed by atoms with Gasteiger partial charge in [0, 0.05) is 12.8 Å². The molecule has 0 saturated heterocycles. The fourth-order valence-corrected chi connectivity index (χ4v) is 1.03. The SMILES string of the molecule is CCCCCCOC1(F)CC1. The van der Waals surface area contributed by atoms with Gasteiger partial charge in [0.1, 0.15) is 0 Å². The first kappa shape index (κ1) is 8.98. The Hall–Kier alpha value is -0.110. The Balaban J connectivity index is 1.81. The Labute approximate surface area is 67.9 Å². The highest BCUT2D eigenvalue weighted by Crippen LogP contribution is 2.40. The van der Waals surface area contributed by atoms with Crippen molar-refractivity contribution in [1.82, 2.24) is 0 Å². The molecule has 0 aromatic carbocycles. The maximum Gasteiger partial charge on any atom is 0.209 e. The lowest BCUT2D eigenvalue weighted by Crippen LogP contribution is -2.07. The standard InChI is InChI=1S/C9H17FO/c1-2-3-4-5-8-11-9(10)6-7-9/h2-8H2,1H3. The molecular formula is C9H17FO. The van der Waals surface area contributed by atoms with E-state index in [1.807, 2.05) is 0 Å². The lowest BCUT2D eigenvalue weighted by atomic mass is 10.2. The molecule has 66 valence electrons. The lowest BCUT2D eigenvalue weighted by molar-refractivity contribution is -0.0640. The molecule has 1 aliphatic rings. The molecule has 0 amide bonds. The first-order chi connectivity index (χ1) is 5.27. The number of alkyl halides is 1. The van der Waals surface area contributed by atoms with Crippen molar-refractivity contribution in [3.05, 3.63) is 0 Å². The number of rotatable bonds is 6. The van der Waals surface area contributed by atoms with Gasteiger partial charge in [-0.3, -0.25) is 0 Å². The Morgan fingerprint density at radius 2 is 2.00 bits per heavy atom. The predicted molar refractivity (Wildman–Crippen MR) is 43.2 cm³/mol. The van der Waals surface area contributed by atoms with Crippen molar-refractivity contribution >= 4 is 0 Å². The fraction of sp³-hybridized carbons (Fsp3) is 1.00. The van der Waals surface area contributed by atoms with Crippen LogP contribution < -0.4 is 0 Å². The van der Waals surface area contributed by atoms with Crippen molar-refractivity contribution in [1.29, 1.82) is 0 Å². The lowest BCUT2D eigenvalue weighted by Gasteiger charge is -2.05. The van der Waals surface area contributed by atoms with Gasteiger partial charge in [-0.25, -0.2) is 4.39 Å². The molecule has 11 heavy (non-hydrogen) atoms. The molecule has 1 nitrogen and oxygen atoms in total. The van der Waals surface area contributed by atoms with E-state index in [1.165, 1.54) is 19.3 Å². The highest BCUT2D eigenvalue weighted by atomic mass is 19.2. The van der Waals surface area contributed by atoms with Gasteiger partial charge in [0.05, 0.1) is 6.61 Å². The molecular weight excluding hydrogens is 143 g/mol. The molecule has 1 saturated carbocycles. The molecule has 0 N–H and O–H groups in total. The fourth-order valence-electron chi connectivity index (χ4n) is 1.03. The Kier molecular flexibility index (Phi) is 3.31. The summed E-state index contributed by atoms with van der Waals surface area (Å²) in [6.07, 6.45) is 5.87. The molecule has 1 aliphatic carbocycles. The topological polar surface area (TPSA) is 9.23 Å². The van der Waals surface area contributed by atoms with E-state index in [0.29, 0.717) is 19.4 Å². The van der Waals surface area contributed by atoms with Crippen LogP contribution in [0.2, 0.25) is 0 Å². The number of ether oxygens (including phenoxy) is 1. The van der Waals surface area contributed by atoms with Crippen molar-refractivity contribution in [3.8, 4) is 0 Å². The molecule has 0 heterocycles. The maximum atomic E-state index is 12.8. The van der Waals surface area contributed by atoms with Crippen LogP contribution in [0.4, 0.5) is 4.39 Å². The van der Waals surface area contributed by atoms with Crippen LogP contribution in [-0.2, 0) is 4.74 Å². The van der Waals surface area contributed by atoms with Crippen LogP contribution in [0.1, 0.15) is 45.4 Å². The largest absolute Gasteiger partial charge is 0.346 e. The molecule has 0 spiro atoms. The van der Waals surface area contributed by atoms with Gasteiger partial charge < -0.3 is 4.74 Å². The van der Waals surface area contributed by atoms with E-state index in [-0.39, 0.29) is 0 Å². The molecule has 0 aliphatic heterocycles. The third kappa shape index (κ3) is 3.71. The van der Waals surface area contributed by atoms with E-state index in [9.17, 15) is 4.39 Å². The van der Waals surface area contributed by atoms with Gasteiger partial charge in [-0.2, -0.15) is 0 Å². The molecule has 0 radical (unpaired) electrons. The van der Waals surface area contributed by atoms with Crippen molar-refractivity contribution in [2.75, 3.05) is 6.61 Å². The van der Waals surface area contributed by atoms with E-state index in [1.54, 1.807) is 0 Å². The van der Waals surface area contributed by atoms with Crippen LogP contribution >= 0.6 is 0 Å². The zero-order valence-electron chi connectivity index (χ0n) is 7.24. The first-order valence-electron chi connectivity index (χ1n) is 4.60. The monoisotopic (exact) mass is 160 g/mol. The summed E-state index contributed by atoms with van der Waals surface area (Å²) in [5.41, 5.74) is 0. The third-order valence-corrected chi connectivity index (χ3v) is 2.00. The minimum absolute atomic E-state index is 0.608. The van der Waals surface area contributed by atoms with Crippen molar-refractivity contribution in [3.63, 3.8) is 0 Å². The Bertz CT molecular complexity index is 110. The number of unbranched alkanes of at least 4 members (excludes halogenated alkanes) is 3. The maximum absolute atomic E-state index is 12.8. The number of hydrogen-bond donors (Lipinski definition) is 0. The molecule has 0 unspecified atom stereocenters. The minimum atomic E-state index is -1.20. The summed E-state index contributed by atoms with van der Waals surface area (Å²) in [4.78, 5) is 0. The van der Waals surface area contributed by atoms with Gasteiger partial charge in [0.25, 0.3) is 0 Å². The van der Waals surface area contributed by atoms with E-state index in [4.69, 9.17) is 4.74 Å². The normalized spacial score (nSPS) is 20.2. The van der Waals surface area contributed by atoms with Crippen LogP contribution in [-0.4, -0.2) is 12.5 Å². The van der Waals surface area contributed by atoms with Gasteiger partial charge in [-0.15, -0.1) is 0 Å². The zero-order valence-corrected chi connectivity index (χ0v) is 7.24. The highest BCUT2D eigenvalue weighted by Gasteiger charge is 2.44. The van der Waals surface area contributed by atoms with E-state index in [0.717, 1.165) is 6.42 Å². The molecule has 2 heteroatoms. The second-order valence-electron chi connectivity index (χ2n) is 3.29. The summed E-state index contributed by atoms with van der Waals surface area (Å²) >= 11 is 0. The van der Waals surface area contributed by atoms with Crippen molar-refractivity contribution < 1.29 is 9.13 Å². The molecule has 1 rings (SSSR count). The zero-order chi connectivity index (χ0) is 8.16. The van der Waals surface area contributed by atoms with E-state index < -0.39 is 5.85 Å². The third-order valence-electron chi connectivity index (χ3n) is 2.00. The predicted octanol–water partition coefficient (Wildman–Crippen LogP) is 3.04. The van der Waals surface area contributed by atoms with Gasteiger partial charge in [-0.1, -0.05) is 26.2 Å². The van der Waals surface area contributed by atoms with Crippen LogP contribution in [0.25, 0.3) is 0 Å². The molecule has 1 fully saturated rings. The van der Waals surface area contributed by atoms with Gasteiger partial charge in [0.15, 0.2) is 0 Å². The van der Waals surface area contributed by atoms with Crippen LogP contribution in [0.3, 0.4) is 0 Å². The quantitative estimate of drug-likeness (QED) is 0.543. The van der Waals surface area contributed by atoms with Crippen LogP contribution in [0.15, 0.2) is 0 Å². The number of hydrogen-bond acceptors (Lipinski definition) is 1. The molecule has 0 atom stereocenters. The van der Waals surface area contributed by atoms with Gasteiger partial charge in [-0.05, 0) is 6.42 Å². The highest BCUT2D eigenvalue weighted by molar-refractivity contribution is 4.83. The summed E-state index contributed by atoms with van der Waals surface area (Å²) < 4.78 is 17.8. The molecule has 0 aromatic rings. The Morgan fingerprint density at radius 3 is 2.55 bits per heavy atom. The van der Waals surface area contributed by atoms with Crippen LogP contribution in [0, 0.1) is 0 Å². The van der Waals surface area contributed by atoms with E-state index in [2.05, 4.69) is 6.92 Å². The van der Waals surface area contributed by atoms with Crippen molar-refractivity contribution in [2.24, 2.45) is 0 Å². The average molecular weight is 160 g/mol. The minimum Gasteiger partial charge on any atom is -0.346 e. The molecule has 0 aromatic heterocycles. The second-order valence-corrected chi connectivity index (χ2v) is 3.29. The summed E-state index contributed by atoms with van der Waals surface area (Å²) in [6, 6.07) is 0. The second kappa shape index (κ2) is 4.05. The van der Waals surface area contributed by atoms with E-state index >= 15 is 0 Å². The first-order valence-corrected chi connectivity index (χ1v) is 4.60. The van der Waals surface area contributed by atoms with Crippen LogP contribution in [0.5, 0.6) is 0 Å². The van der Waals surface area contributed by atoms with Gasteiger partial charge in [0.2, 0.25) is 5.85 Å². The Morgan fingerprint density at radius 1 is 1.27 bits per heavy atom. The summed E-state index contributed by atoms with van der Waals surface area (Å²) in [5, 5.41) is 0. The summed E-state index contributed by atoms with van der Waals surface area (Å²) in [5.74, 6) is -1.20. The molecule has 0 bridgehead atoms. The summed E-state index contributed by atoms with van der Waals surface area (Å²) in [6.45, 7) is 2.77. The van der Waals surface area contributed by atoms with Gasteiger partial charge >= 0.3 is 0 Å². The average Bonchev–Trinajstić information content (AvgIpc) is 2.69. The number of halogens is 1. The van der Waals surface area contributed by atoms with Crippen molar-refractivity contribution in [2.45, 2.75) is 51.3 Å². The smallest absolute Gasteiger partial charge is 0.209 e. The summed E-state index contributed by atoms with van der Waals surface area (Å²) in [7, 11) is 0.